The summed E-state index contributed by atoms with van der Waals surface area (Å²) in [7, 11) is 5.71. The molecule has 1 aliphatic rings. The van der Waals surface area contributed by atoms with E-state index in [1.807, 2.05) is 38.4 Å². The zero-order valence-electron chi connectivity index (χ0n) is 16.4. The van der Waals surface area contributed by atoms with E-state index in [0.29, 0.717) is 12.4 Å². The third kappa shape index (κ3) is 4.66. The lowest BCUT2D eigenvalue weighted by atomic mass is 10.2. The second kappa shape index (κ2) is 9.11. The van der Waals surface area contributed by atoms with Gasteiger partial charge in [-0.3, -0.25) is 9.59 Å². The van der Waals surface area contributed by atoms with Gasteiger partial charge in [0.25, 0.3) is 0 Å². The van der Waals surface area contributed by atoms with Crippen LogP contribution in [-0.4, -0.2) is 55.9 Å². The van der Waals surface area contributed by atoms with Gasteiger partial charge in [0.15, 0.2) is 0 Å². The highest BCUT2D eigenvalue weighted by molar-refractivity contribution is 7.98. The van der Waals surface area contributed by atoms with Crippen LogP contribution in [0.15, 0.2) is 24.3 Å². The van der Waals surface area contributed by atoms with Gasteiger partial charge >= 0.3 is 11.8 Å². The molecule has 0 bridgehead atoms. The molecule has 2 heterocycles. The number of thioether (sulfide) groups is 1. The number of ether oxygens (including phenoxy) is 1. The lowest BCUT2D eigenvalue weighted by Gasteiger charge is -2.12. The molecule has 3 rings (SSSR count). The minimum Gasteiger partial charge on any atom is -0.497 e. The van der Waals surface area contributed by atoms with E-state index in [0.717, 1.165) is 47.2 Å². The largest absolute Gasteiger partial charge is 0.497 e. The number of benzene rings is 1. The molecule has 3 N–H and O–H groups in total. The number of hydrogen-bond donors (Lipinski definition) is 3. The Bertz CT molecular complexity index is 848. The number of rotatable bonds is 7. The summed E-state index contributed by atoms with van der Waals surface area (Å²) >= 11 is 1.74. The number of aromatic nitrogens is 2. The predicted molar refractivity (Wildman–Crippen MR) is 109 cm³/mol. The van der Waals surface area contributed by atoms with Crippen LogP contribution in [0.2, 0.25) is 0 Å². The first-order chi connectivity index (χ1) is 13.5. The van der Waals surface area contributed by atoms with Crippen molar-refractivity contribution in [2.24, 2.45) is 0 Å². The molecule has 0 aliphatic carbocycles. The van der Waals surface area contributed by atoms with E-state index in [1.54, 1.807) is 23.6 Å². The summed E-state index contributed by atoms with van der Waals surface area (Å²) in [5, 5.41) is 10.1. The average Bonchev–Trinajstić information content (AvgIpc) is 3.27. The number of fused-ring (bicyclic) bond motifs is 1. The molecule has 2 aromatic rings. The van der Waals surface area contributed by atoms with E-state index >= 15 is 0 Å². The number of carbonyl (C=O) groups excluding carboxylic acids is 2. The summed E-state index contributed by atoms with van der Waals surface area (Å²) < 4.78 is 6.88. The van der Waals surface area contributed by atoms with Gasteiger partial charge in [-0.2, -0.15) is 16.9 Å². The molecular weight excluding hydrogens is 378 g/mol. The van der Waals surface area contributed by atoms with E-state index in [9.17, 15) is 9.59 Å². The fraction of sp³-hybridized carbons (Fsp3) is 0.421. The van der Waals surface area contributed by atoms with Crippen LogP contribution in [0.1, 0.15) is 17.7 Å². The van der Waals surface area contributed by atoms with E-state index in [1.165, 1.54) is 4.90 Å². The molecule has 1 aromatic heterocycles. The second-order valence-corrected chi connectivity index (χ2v) is 7.88. The smallest absolute Gasteiger partial charge is 0.314 e. The molecule has 0 unspecified atom stereocenters. The van der Waals surface area contributed by atoms with Crippen molar-refractivity contribution in [2.45, 2.75) is 17.9 Å². The predicted octanol–water partition coefficient (Wildman–Crippen LogP) is 0.217. The minimum atomic E-state index is -0.674. The number of nitrogens with one attached hydrogen (secondary N) is 3. The summed E-state index contributed by atoms with van der Waals surface area (Å²) in [4.78, 5) is 25.9. The molecule has 28 heavy (non-hydrogen) atoms. The van der Waals surface area contributed by atoms with Gasteiger partial charge in [0.2, 0.25) is 0 Å². The molecule has 0 saturated carbocycles. The first-order valence-corrected chi connectivity index (χ1v) is 10.4. The van der Waals surface area contributed by atoms with Crippen LogP contribution in [0.25, 0.3) is 5.69 Å². The molecule has 0 spiro atoms. The lowest BCUT2D eigenvalue weighted by molar-refractivity contribution is -0.858. The summed E-state index contributed by atoms with van der Waals surface area (Å²) in [6.07, 6.45) is 0.817. The number of nitrogens with zero attached hydrogens (tertiary/aromatic N) is 2. The van der Waals surface area contributed by atoms with Crippen LogP contribution < -0.4 is 20.3 Å². The van der Waals surface area contributed by atoms with Crippen molar-refractivity contribution in [3.05, 3.63) is 35.5 Å². The van der Waals surface area contributed by atoms with Crippen molar-refractivity contribution in [2.75, 3.05) is 39.6 Å². The first-order valence-electron chi connectivity index (χ1n) is 9.20. The second-order valence-electron chi connectivity index (χ2n) is 6.90. The van der Waals surface area contributed by atoms with E-state index < -0.39 is 11.8 Å². The van der Waals surface area contributed by atoms with E-state index in [2.05, 4.69) is 15.7 Å². The summed E-state index contributed by atoms with van der Waals surface area (Å²) in [6.45, 7) is 1.40. The number of amides is 2. The fourth-order valence-electron chi connectivity index (χ4n) is 2.94. The number of hydrogen-bond acceptors (Lipinski definition) is 5. The van der Waals surface area contributed by atoms with Gasteiger partial charge in [-0.15, -0.1) is 0 Å². The summed E-state index contributed by atoms with van der Waals surface area (Å²) in [5.74, 6) is 1.54. The Kier molecular flexibility index (Phi) is 6.58. The van der Waals surface area contributed by atoms with Gasteiger partial charge in [0.1, 0.15) is 11.6 Å². The molecule has 0 fully saturated rings. The van der Waals surface area contributed by atoms with Crippen LogP contribution in [0.3, 0.4) is 0 Å². The molecule has 1 aromatic carbocycles. The van der Waals surface area contributed by atoms with E-state index in [-0.39, 0.29) is 0 Å². The highest BCUT2D eigenvalue weighted by Gasteiger charge is 2.26. The third-order valence-electron chi connectivity index (χ3n) is 4.45. The van der Waals surface area contributed by atoms with Crippen molar-refractivity contribution in [3.63, 3.8) is 0 Å². The monoisotopic (exact) mass is 404 g/mol. The van der Waals surface area contributed by atoms with Crippen LogP contribution in [-0.2, 0) is 21.1 Å². The Balaban J connectivity index is 1.73. The van der Waals surface area contributed by atoms with Crippen LogP contribution in [0.4, 0.5) is 5.82 Å². The zero-order chi connectivity index (χ0) is 20.1. The molecule has 0 atom stereocenters. The molecule has 8 nitrogen and oxygen atoms in total. The molecule has 1 aliphatic heterocycles. The Labute approximate surface area is 168 Å². The topological polar surface area (TPSA) is 89.7 Å². The minimum absolute atomic E-state index is 0.475. The highest BCUT2D eigenvalue weighted by atomic mass is 32.2. The van der Waals surface area contributed by atoms with Gasteiger partial charge in [0, 0.05) is 30.0 Å². The number of quaternary nitrogens is 1. The van der Waals surface area contributed by atoms with Crippen molar-refractivity contribution < 1.29 is 19.2 Å². The van der Waals surface area contributed by atoms with Crippen LogP contribution in [0, 0.1) is 0 Å². The Morgan fingerprint density at radius 3 is 2.64 bits per heavy atom. The molecular formula is C19H26N5O3S+. The maximum atomic E-state index is 12.4. The van der Waals surface area contributed by atoms with Gasteiger partial charge in [-0.05, 0) is 24.3 Å². The Hall–Kier alpha value is -2.52. The van der Waals surface area contributed by atoms with Crippen molar-refractivity contribution in [1.29, 1.82) is 0 Å². The maximum absolute atomic E-state index is 12.4. The van der Waals surface area contributed by atoms with Crippen LogP contribution >= 0.6 is 11.8 Å². The number of anilines is 1. The van der Waals surface area contributed by atoms with Crippen molar-refractivity contribution in [3.8, 4) is 11.4 Å². The molecule has 0 radical (unpaired) electrons. The molecule has 0 saturated heterocycles. The van der Waals surface area contributed by atoms with Gasteiger partial charge in [-0.1, -0.05) is 0 Å². The SMILES string of the molecule is COc1ccc(-n2nc3c(c2NC(=O)C(=O)NCCC[NH+](C)C)CSC3)cc1. The van der Waals surface area contributed by atoms with Gasteiger partial charge in [0.05, 0.1) is 39.1 Å². The number of carbonyl (C=O) groups is 2. The van der Waals surface area contributed by atoms with Crippen LogP contribution in [0.5, 0.6) is 5.75 Å². The highest BCUT2D eigenvalue weighted by Crippen LogP contribution is 2.36. The standard InChI is InChI=1S/C19H25N5O3S/c1-23(2)10-4-9-20-18(25)19(26)21-17-15-11-28-12-16(15)22-24(17)13-5-7-14(27-3)8-6-13/h5-8H,4,9-12H2,1-3H3,(H,20,25)(H,21,26)/p+1. The average molecular weight is 405 g/mol. The summed E-state index contributed by atoms with van der Waals surface area (Å²) in [5.41, 5.74) is 2.70. The third-order valence-corrected chi connectivity index (χ3v) is 5.42. The normalized spacial score (nSPS) is 12.7. The molecule has 2 amide bonds. The van der Waals surface area contributed by atoms with Gasteiger partial charge in [-0.25, -0.2) is 4.68 Å². The quantitative estimate of drug-likeness (QED) is 0.454. The van der Waals surface area contributed by atoms with E-state index in [4.69, 9.17) is 4.74 Å². The zero-order valence-corrected chi connectivity index (χ0v) is 17.2. The van der Waals surface area contributed by atoms with Crippen molar-refractivity contribution in [1.82, 2.24) is 15.1 Å². The Morgan fingerprint density at radius 2 is 1.96 bits per heavy atom. The fourth-order valence-corrected chi connectivity index (χ4v) is 3.97. The number of methoxy groups -OCH3 is 1. The lowest BCUT2D eigenvalue weighted by Crippen LogP contribution is -3.05. The molecule has 9 heteroatoms. The van der Waals surface area contributed by atoms with Crippen molar-refractivity contribution >= 4 is 29.4 Å². The van der Waals surface area contributed by atoms with Gasteiger partial charge < -0.3 is 20.3 Å². The summed E-state index contributed by atoms with van der Waals surface area (Å²) in [6, 6.07) is 7.41. The first kappa shape index (κ1) is 20.2. The maximum Gasteiger partial charge on any atom is 0.314 e. The molecule has 150 valence electrons. The Morgan fingerprint density at radius 1 is 1.21 bits per heavy atom.